The van der Waals surface area contributed by atoms with Gasteiger partial charge in [0.2, 0.25) is 0 Å². The molecule has 0 spiro atoms. The monoisotopic (exact) mass is 399 g/mol. The van der Waals surface area contributed by atoms with E-state index in [-0.39, 0.29) is 5.82 Å². The van der Waals surface area contributed by atoms with E-state index in [1.54, 1.807) is 0 Å². The normalized spacial score (nSPS) is 15.0. The van der Waals surface area contributed by atoms with Gasteiger partial charge in [0.05, 0.1) is 16.6 Å². The number of aromatic nitrogens is 2. The predicted octanol–water partition coefficient (Wildman–Crippen LogP) is 4.13. The molecule has 150 valence electrons. The summed E-state index contributed by atoms with van der Waals surface area (Å²) < 4.78 is 15.3. The molecule has 4 aromatic rings. The summed E-state index contributed by atoms with van der Waals surface area (Å²) in [4.78, 5) is 9.52. The van der Waals surface area contributed by atoms with E-state index in [1.807, 2.05) is 37.3 Å². The maximum atomic E-state index is 13.2. The zero-order chi connectivity index (χ0) is 20.7. The van der Waals surface area contributed by atoms with Gasteiger partial charge in [-0.05, 0) is 48.4 Å². The Morgan fingerprint density at radius 2 is 1.77 bits per heavy atom. The Morgan fingerprint density at radius 3 is 2.50 bits per heavy atom. The molecule has 0 radical (unpaired) electrons. The van der Waals surface area contributed by atoms with Crippen LogP contribution in [0.25, 0.3) is 16.7 Å². The van der Waals surface area contributed by atoms with Crippen LogP contribution in [0.3, 0.4) is 0 Å². The number of fused-ring (bicyclic) bond motifs is 3. The second kappa shape index (κ2) is 7.43. The van der Waals surface area contributed by atoms with Crippen molar-refractivity contribution in [2.75, 3.05) is 31.1 Å². The van der Waals surface area contributed by atoms with Crippen molar-refractivity contribution < 1.29 is 4.39 Å². The number of hydrogen-bond donors (Lipinski definition) is 0. The fourth-order valence-electron chi connectivity index (χ4n) is 4.29. The SMILES string of the molecule is Cc1cc(N2CCN(Cc3ccc(F)cc3)CC2)n2c(nc3ccccc32)c1C#N. The number of aryl methyl sites for hydroxylation is 1. The average Bonchev–Trinajstić information content (AvgIpc) is 3.15. The molecule has 3 heterocycles. The average molecular weight is 399 g/mol. The van der Waals surface area contributed by atoms with Gasteiger partial charge in [-0.1, -0.05) is 24.3 Å². The molecule has 1 aliphatic heterocycles. The van der Waals surface area contributed by atoms with Gasteiger partial charge in [0.15, 0.2) is 5.65 Å². The third-order valence-electron chi connectivity index (χ3n) is 5.88. The first-order valence-electron chi connectivity index (χ1n) is 10.2. The molecular formula is C24H22FN5. The number of benzene rings is 2. The molecule has 5 rings (SSSR count). The van der Waals surface area contributed by atoms with E-state index in [4.69, 9.17) is 4.98 Å². The molecule has 1 aliphatic rings. The summed E-state index contributed by atoms with van der Waals surface area (Å²) in [6, 6.07) is 19.2. The molecule has 1 saturated heterocycles. The van der Waals surface area contributed by atoms with Crippen LogP contribution in [0.15, 0.2) is 54.6 Å². The lowest BCUT2D eigenvalue weighted by molar-refractivity contribution is 0.249. The second-order valence-corrected chi connectivity index (χ2v) is 7.82. The van der Waals surface area contributed by atoms with E-state index in [2.05, 4.69) is 32.4 Å². The summed E-state index contributed by atoms with van der Waals surface area (Å²) in [7, 11) is 0. The van der Waals surface area contributed by atoms with Crippen LogP contribution in [-0.2, 0) is 6.54 Å². The molecule has 6 heteroatoms. The lowest BCUT2D eigenvalue weighted by Crippen LogP contribution is -2.46. The Kier molecular flexibility index (Phi) is 4.61. The molecule has 0 atom stereocenters. The maximum Gasteiger partial charge on any atom is 0.157 e. The number of imidazole rings is 1. The smallest absolute Gasteiger partial charge is 0.157 e. The molecule has 1 fully saturated rings. The molecule has 0 aliphatic carbocycles. The van der Waals surface area contributed by atoms with Gasteiger partial charge >= 0.3 is 0 Å². The summed E-state index contributed by atoms with van der Waals surface area (Å²) in [5.74, 6) is 0.882. The highest BCUT2D eigenvalue weighted by Crippen LogP contribution is 2.29. The lowest BCUT2D eigenvalue weighted by Gasteiger charge is -2.36. The van der Waals surface area contributed by atoms with E-state index in [9.17, 15) is 9.65 Å². The van der Waals surface area contributed by atoms with E-state index < -0.39 is 0 Å². The van der Waals surface area contributed by atoms with Crippen LogP contribution in [0.4, 0.5) is 10.2 Å². The maximum absolute atomic E-state index is 13.2. The topological polar surface area (TPSA) is 47.6 Å². The summed E-state index contributed by atoms with van der Waals surface area (Å²) in [6.45, 7) is 6.41. The molecule has 0 saturated carbocycles. The molecular weight excluding hydrogens is 377 g/mol. The van der Waals surface area contributed by atoms with E-state index in [0.29, 0.717) is 5.56 Å². The molecule has 30 heavy (non-hydrogen) atoms. The van der Waals surface area contributed by atoms with Gasteiger partial charge in [-0.25, -0.2) is 9.37 Å². The van der Waals surface area contributed by atoms with E-state index in [1.165, 1.54) is 12.1 Å². The Balaban J connectivity index is 1.46. The van der Waals surface area contributed by atoms with Crippen molar-refractivity contribution in [2.45, 2.75) is 13.5 Å². The van der Waals surface area contributed by atoms with Gasteiger partial charge in [-0.15, -0.1) is 0 Å². The largest absolute Gasteiger partial charge is 0.355 e. The molecule has 0 bridgehead atoms. The van der Waals surface area contributed by atoms with Crippen molar-refractivity contribution >= 4 is 22.5 Å². The molecule has 5 nitrogen and oxygen atoms in total. The van der Waals surface area contributed by atoms with Crippen LogP contribution in [-0.4, -0.2) is 40.5 Å². The van der Waals surface area contributed by atoms with Gasteiger partial charge in [-0.2, -0.15) is 5.26 Å². The van der Waals surface area contributed by atoms with Gasteiger partial charge < -0.3 is 4.90 Å². The van der Waals surface area contributed by atoms with Crippen LogP contribution in [0.2, 0.25) is 0 Å². The number of halogens is 1. The lowest BCUT2D eigenvalue weighted by atomic mass is 10.1. The molecule has 2 aromatic heterocycles. The standard InChI is InChI=1S/C24H22FN5/c1-17-14-23(30-22-5-3-2-4-21(22)27-24(30)20(17)15-26)29-12-10-28(11-13-29)16-18-6-8-19(25)9-7-18/h2-9,14H,10-13,16H2,1H3. The summed E-state index contributed by atoms with van der Waals surface area (Å²) >= 11 is 0. The van der Waals surface area contributed by atoms with E-state index in [0.717, 1.165) is 66.3 Å². The Labute approximate surface area is 174 Å². The highest BCUT2D eigenvalue weighted by Gasteiger charge is 2.22. The molecule has 0 amide bonds. The summed E-state index contributed by atoms with van der Waals surface area (Å²) in [6.07, 6.45) is 0. The van der Waals surface area contributed by atoms with Crippen molar-refractivity contribution in [2.24, 2.45) is 0 Å². The van der Waals surface area contributed by atoms with Gasteiger partial charge in [0.25, 0.3) is 0 Å². The third-order valence-corrected chi connectivity index (χ3v) is 5.88. The number of rotatable bonds is 3. The van der Waals surface area contributed by atoms with Crippen LogP contribution >= 0.6 is 0 Å². The van der Waals surface area contributed by atoms with Crippen LogP contribution < -0.4 is 4.90 Å². The number of nitrogens with zero attached hydrogens (tertiary/aromatic N) is 5. The minimum absolute atomic E-state index is 0.198. The third kappa shape index (κ3) is 3.17. The number of para-hydroxylation sites is 2. The Hall–Kier alpha value is -3.43. The zero-order valence-corrected chi connectivity index (χ0v) is 16.8. The number of pyridine rings is 1. The number of hydrogen-bond acceptors (Lipinski definition) is 4. The van der Waals surface area contributed by atoms with Crippen LogP contribution in [0.5, 0.6) is 0 Å². The number of piperazine rings is 1. The fourth-order valence-corrected chi connectivity index (χ4v) is 4.29. The highest BCUT2D eigenvalue weighted by molar-refractivity contribution is 5.85. The fraction of sp³-hybridized carbons (Fsp3) is 0.250. The second-order valence-electron chi connectivity index (χ2n) is 7.82. The Morgan fingerprint density at radius 1 is 1.03 bits per heavy atom. The first kappa shape index (κ1) is 18.6. The van der Waals surface area contributed by atoms with Crippen molar-refractivity contribution in [3.05, 3.63) is 77.1 Å². The van der Waals surface area contributed by atoms with Gasteiger partial charge in [0.1, 0.15) is 17.7 Å². The van der Waals surface area contributed by atoms with Gasteiger partial charge in [0, 0.05) is 32.7 Å². The quantitative estimate of drug-likeness (QED) is 0.520. The molecule has 0 N–H and O–H groups in total. The number of nitriles is 1. The summed E-state index contributed by atoms with van der Waals surface area (Å²) in [5, 5.41) is 9.69. The highest BCUT2D eigenvalue weighted by atomic mass is 19.1. The Bertz CT molecular complexity index is 1260. The predicted molar refractivity (Wildman–Crippen MR) is 116 cm³/mol. The van der Waals surface area contributed by atoms with Crippen molar-refractivity contribution in [1.82, 2.24) is 14.3 Å². The molecule has 0 unspecified atom stereocenters. The minimum Gasteiger partial charge on any atom is -0.355 e. The van der Waals surface area contributed by atoms with Crippen LogP contribution in [0.1, 0.15) is 16.7 Å². The first-order valence-corrected chi connectivity index (χ1v) is 10.2. The number of anilines is 1. The van der Waals surface area contributed by atoms with Crippen molar-refractivity contribution in [3.8, 4) is 6.07 Å². The minimum atomic E-state index is -0.198. The zero-order valence-electron chi connectivity index (χ0n) is 16.8. The van der Waals surface area contributed by atoms with Gasteiger partial charge in [-0.3, -0.25) is 9.30 Å². The van der Waals surface area contributed by atoms with Crippen molar-refractivity contribution in [1.29, 1.82) is 5.26 Å². The molecule has 2 aromatic carbocycles. The summed E-state index contributed by atoms with van der Waals surface area (Å²) in [5.41, 5.74) is 5.35. The van der Waals surface area contributed by atoms with Crippen LogP contribution in [0, 0.1) is 24.1 Å². The van der Waals surface area contributed by atoms with Crippen molar-refractivity contribution in [3.63, 3.8) is 0 Å². The van der Waals surface area contributed by atoms with E-state index >= 15 is 0 Å². The first-order chi connectivity index (χ1) is 14.6.